The molecule has 0 saturated carbocycles. The second kappa shape index (κ2) is 5.42. The normalized spacial score (nSPS) is 10.1. The molecule has 0 fully saturated rings. The number of anilines is 1. The molecule has 18 heavy (non-hydrogen) atoms. The number of hydrogen-bond donors (Lipinski definition) is 1. The third-order valence-electron chi connectivity index (χ3n) is 2.28. The number of rotatable bonds is 4. The van der Waals surface area contributed by atoms with E-state index in [0.29, 0.717) is 17.1 Å². The molecule has 0 amide bonds. The molecule has 6 nitrogen and oxygen atoms in total. The van der Waals surface area contributed by atoms with Crippen LogP contribution >= 0.6 is 11.6 Å². The first-order valence-corrected chi connectivity index (χ1v) is 5.46. The quantitative estimate of drug-likeness (QED) is 0.678. The Hall–Kier alpha value is -2.21. The van der Waals surface area contributed by atoms with Crippen LogP contribution in [-0.4, -0.2) is 14.9 Å². The Morgan fingerprint density at radius 3 is 2.72 bits per heavy atom. The van der Waals surface area contributed by atoms with E-state index in [1.54, 1.807) is 12.4 Å². The highest BCUT2D eigenvalue weighted by Crippen LogP contribution is 2.22. The van der Waals surface area contributed by atoms with Crippen molar-refractivity contribution in [2.24, 2.45) is 0 Å². The summed E-state index contributed by atoms with van der Waals surface area (Å²) in [7, 11) is 0. The lowest BCUT2D eigenvalue weighted by molar-refractivity contribution is -0.384. The number of aromatic nitrogens is 2. The largest absolute Gasteiger partial charge is 0.378 e. The molecule has 0 bridgehead atoms. The molecular formula is C11H9ClN4O2. The fourth-order valence-corrected chi connectivity index (χ4v) is 1.58. The minimum Gasteiger partial charge on any atom is -0.378 e. The van der Waals surface area contributed by atoms with E-state index in [-0.39, 0.29) is 5.69 Å². The summed E-state index contributed by atoms with van der Waals surface area (Å²) in [5.74, 6) is 0. The zero-order chi connectivity index (χ0) is 13.0. The maximum Gasteiger partial charge on any atom is 0.269 e. The summed E-state index contributed by atoms with van der Waals surface area (Å²) in [6.45, 7) is 0.369. The number of benzene rings is 1. The first-order valence-electron chi connectivity index (χ1n) is 5.08. The number of nitro groups is 1. The molecule has 0 aliphatic heterocycles. The van der Waals surface area contributed by atoms with Gasteiger partial charge in [0.05, 0.1) is 23.0 Å². The molecule has 7 heteroatoms. The SMILES string of the molecule is O=[N+]([O-])c1ccc(Cl)c(CNc2cncnc2)c1. The Bertz CT molecular complexity index is 562. The summed E-state index contributed by atoms with van der Waals surface area (Å²) in [5.41, 5.74) is 1.38. The number of nitrogens with zero attached hydrogens (tertiary/aromatic N) is 3. The number of halogens is 1. The average molecular weight is 265 g/mol. The lowest BCUT2D eigenvalue weighted by atomic mass is 10.2. The van der Waals surface area contributed by atoms with Gasteiger partial charge in [-0.05, 0) is 11.6 Å². The van der Waals surface area contributed by atoms with E-state index in [0.717, 1.165) is 5.69 Å². The van der Waals surface area contributed by atoms with Crippen LogP contribution in [0.5, 0.6) is 0 Å². The molecule has 0 aliphatic carbocycles. The van der Waals surface area contributed by atoms with Crippen LogP contribution in [0.25, 0.3) is 0 Å². The van der Waals surface area contributed by atoms with Gasteiger partial charge in [-0.3, -0.25) is 10.1 Å². The molecule has 2 aromatic rings. The molecule has 2 rings (SSSR count). The third kappa shape index (κ3) is 2.92. The fourth-order valence-electron chi connectivity index (χ4n) is 1.40. The van der Waals surface area contributed by atoms with E-state index in [4.69, 9.17) is 11.6 Å². The van der Waals surface area contributed by atoms with Gasteiger partial charge in [0.15, 0.2) is 0 Å². The molecule has 1 aromatic carbocycles. The molecular weight excluding hydrogens is 256 g/mol. The molecule has 0 atom stereocenters. The smallest absolute Gasteiger partial charge is 0.269 e. The van der Waals surface area contributed by atoms with Crippen molar-refractivity contribution < 1.29 is 4.92 Å². The van der Waals surface area contributed by atoms with E-state index in [1.165, 1.54) is 24.5 Å². The third-order valence-corrected chi connectivity index (χ3v) is 2.65. The van der Waals surface area contributed by atoms with Crippen LogP contribution in [0, 0.1) is 10.1 Å². The summed E-state index contributed by atoms with van der Waals surface area (Å²) in [4.78, 5) is 17.9. The Kier molecular flexibility index (Phi) is 3.69. The zero-order valence-electron chi connectivity index (χ0n) is 9.21. The Morgan fingerprint density at radius 2 is 2.06 bits per heavy atom. The number of nitrogens with one attached hydrogen (secondary N) is 1. The van der Waals surface area contributed by atoms with Crippen molar-refractivity contribution >= 4 is 23.0 Å². The van der Waals surface area contributed by atoms with E-state index in [1.807, 2.05) is 0 Å². The number of nitro benzene ring substituents is 1. The van der Waals surface area contributed by atoms with Crippen LogP contribution in [0.15, 0.2) is 36.9 Å². The van der Waals surface area contributed by atoms with Crippen LogP contribution < -0.4 is 5.32 Å². The highest BCUT2D eigenvalue weighted by Gasteiger charge is 2.09. The van der Waals surface area contributed by atoms with Crippen molar-refractivity contribution in [3.05, 3.63) is 57.6 Å². The molecule has 92 valence electrons. The van der Waals surface area contributed by atoms with Crippen LogP contribution in [0.4, 0.5) is 11.4 Å². The lowest BCUT2D eigenvalue weighted by Gasteiger charge is -2.07. The molecule has 0 radical (unpaired) electrons. The average Bonchev–Trinajstić information content (AvgIpc) is 2.38. The highest BCUT2D eigenvalue weighted by atomic mass is 35.5. The van der Waals surface area contributed by atoms with Gasteiger partial charge in [0.25, 0.3) is 5.69 Å². The fraction of sp³-hybridized carbons (Fsp3) is 0.0909. The minimum absolute atomic E-state index is 0.0144. The van der Waals surface area contributed by atoms with E-state index >= 15 is 0 Å². The van der Waals surface area contributed by atoms with Crippen molar-refractivity contribution in [1.29, 1.82) is 0 Å². The Morgan fingerprint density at radius 1 is 1.33 bits per heavy atom. The van der Waals surface area contributed by atoms with Crippen molar-refractivity contribution in [3.8, 4) is 0 Å². The van der Waals surface area contributed by atoms with Crippen molar-refractivity contribution in [2.45, 2.75) is 6.54 Å². The Labute approximate surface area is 108 Å². The molecule has 0 spiro atoms. The molecule has 1 N–H and O–H groups in total. The second-order valence-corrected chi connectivity index (χ2v) is 3.92. The van der Waals surface area contributed by atoms with Crippen LogP contribution in [0.1, 0.15) is 5.56 Å². The molecule has 1 aromatic heterocycles. The maximum atomic E-state index is 10.7. The second-order valence-electron chi connectivity index (χ2n) is 3.51. The van der Waals surface area contributed by atoms with Crippen molar-refractivity contribution in [1.82, 2.24) is 9.97 Å². The van der Waals surface area contributed by atoms with Gasteiger partial charge >= 0.3 is 0 Å². The van der Waals surface area contributed by atoms with Crippen molar-refractivity contribution in [3.63, 3.8) is 0 Å². The summed E-state index contributed by atoms with van der Waals surface area (Å²) >= 11 is 5.97. The minimum atomic E-state index is -0.453. The summed E-state index contributed by atoms with van der Waals surface area (Å²) in [5, 5.41) is 14.2. The van der Waals surface area contributed by atoms with Gasteiger partial charge in [0, 0.05) is 23.7 Å². The predicted octanol–water partition coefficient (Wildman–Crippen LogP) is 2.65. The maximum absolute atomic E-state index is 10.7. The molecule has 0 aliphatic rings. The van der Waals surface area contributed by atoms with Gasteiger partial charge in [0.2, 0.25) is 0 Å². The molecule has 1 heterocycles. The van der Waals surface area contributed by atoms with Crippen LogP contribution in [0.3, 0.4) is 0 Å². The van der Waals surface area contributed by atoms with Gasteiger partial charge in [-0.2, -0.15) is 0 Å². The van der Waals surface area contributed by atoms with Gasteiger partial charge in [0.1, 0.15) is 6.33 Å². The summed E-state index contributed by atoms with van der Waals surface area (Å²) in [6.07, 6.45) is 4.64. The predicted molar refractivity (Wildman–Crippen MR) is 67.5 cm³/mol. The number of non-ortho nitro benzene ring substituents is 1. The lowest BCUT2D eigenvalue weighted by Crippen LogP contribution is -2.01. The standard InChI is InChI=1S/C11H9ClN4O2/c12-11-2-1-10(16(17)18)3-8(11)4-15-9-5-13-7-14-6-9/h1-3,5-7,15H,4H2. The van der Waals surface area contributed by atoms with Crippen molar-refractivity contribution in [2.75, 3.05) is 5.32 Å². The van der Waals surface area contributed by atoms with Gasteiger partial charge < -0.3 is 5.32 Å². The Balaban J connectivity index is 2.14. The van der Waals surface area contributed by atoms with Gasteiger partial charge in [-0.25, -0.2) is 9.97 Å². The first-order chi connectivity index (χ1) is 8.66. The van der Waals surface area contributed by atoms with Crippen LogP contribution in [0.2, 0.25) is 5.02 Å². The summed E-state index contributed by atoms with van der Waals surface area (Å²) in [6, 6.07) is 4.33. The zero-order valence-corrected chi connectivity index (χ0v) is 9.96. The molecule has 0 unspecified atom stereocenters. The highest BCUT2D eigenvalue weighted by molar-refractivity contribution is 6.31. The van der Waals surface area contributed by atoms with Crippen LogP contribution in [-0.2, 0) is 6.54 Å². The topological polar surface area (TPSA) is 81.0 Å². The number of hydrogen-bond acceptors (Lipinski definition) is 5. The monoisotopic (exact) mass is 264 g/mol. The van der Waals surface area contributed by atoms with E-state index < -0.39 is 4.92 Å². The van der Waals surface area contributed by atoms with Gasteiger partial charge in [-0.15, -0.1) is 0 Å². The van der Waals surface area contributed by atoms with Gasteiger partial charge in [-0.1, -0.05) is 11.6 Å². The summed E-state index contributed by atoms with van der Waals surface area (Å²) < 4.78 is 0. The van der Waals surface area contributed by atoms with E-state index in [9.17, 15) is 10.1 Å². The molecule has 0 saturated heterocycles. The van der Waals surface area contributed by atoms with E-state index in [2.05, 4.69) is 15.3 Å². The first kappa shape index (κ1) is 12.3.